The number of hydrogen-bond acceptors (Lipinski definition) is 4. The summed E-state index contributed by atoms with van der Waals surface area (Å²) >= 11 is 0. The van der Waals surface area contributed by atoms with E-state index >= 15 is 0 Å². The predicted molar refractivity (Wildman–Crippen MR) is 59.8 cm³/mol. The summed E-state index contributed by atoms with van der Waals surface area (Å²) in [6.45, 7) is 0.751. The zero-order valence-corrected chi connectivity index (χ0v) is 9.66. The van der Waals surface area contributed by atoms with Gasteiger partial charge in [-0.05, 0) is 32.7 Å². The predicted octanol–water partition coefficient (Wildman–Crippen LogP) is -0.525. The average molecular weight is 225 g/mol. The van der Waals surface area contributed by atoms with E-state index in [9.17, 15) is 9.59 Å². The SMILES string of the molecule is CNC1CCC(N2CC(=O)NC(=O)C2)CC1. The molecule has 0 bridgehead atoms. The number of carbonyl (C=O) groups excluding carboxylic acids is 2. The van der Waals surface area contributed by atoms with Crippen LogP contribution < -0.4 is 10.6 Å². The van der Waals surface area contributed by atoms with Crippen molar-refractivity contribution < 1.29 is 9.59 Å². The topological polar surface area (TPSA) is 61.4 Å². The Kier molecular flexibility index (Phi) is 3.56. The summed E-state index contributed by atoms with van der Waals surface area (Å²) in [6, 6.07) is 1.00. The molecular weight excluding hydrogens is 206 g/mol. The zero-order chi connectivity index (χ0) is 11.5. The average Bonchev–Trinajstić information content (AvgIpc) is 2.28. The van der Waals surface area contributed by atoms with Crippen LogP contribution in [0.4, 0.5) is 0 Å². The lowest BCUT2D eigenvalue weighted by atomic mass is 9.90. The van der Waals surface area contributed by atoms with Gasteiger partial charge in [0.05, 0.1) is 13.1 Å². The summed E-state index contributed by atoms with van der Waals surface area (Å²) in [7, 11) is 1.99. The monoisotopic (exact) mass is 225 g/mol. The summed E-state index contributed by atoms with van der Waals surface area (Å²) in [4.78, 5) is 24.5. The number of nitrogens with one attached hydrogen (secondary N) is 2. The van der Waals surface area contributed by atoms with Crippen LogP contribution in [0.25, 0.3) is 0 Å². The van der Waals surface area contributed by atoms with Crippen LogP contribution >= 0.6 is 0 Å². The van der Waals surface area contributed by atoms with Gasteiger partial charge in [0.2, 0.25) is 11.8 Å². The Labute approximate surface area is 95.6 Å². The highest BCUT2D eigenvalue weighted by Crippen LogP contribution is 2.23. The van der Waals surface area contributed by atoms with Gasteiger partial charge in [0.1, 0.15) is 0 Å². The molecule has 1 saturated carbocycles. The number of hydrogen-bond donors (Lipinski definition) is 2. The number of nitrogens with zero attached hydrogens (tertiary/aromatic N) is 1. The Hall–Kier alpha value is -0.940. The summed E-state index contributed by atoms with van der Waals surface area (Å²) in [5, 5.41) is 5.62. The molecular formula is C11H19N3O2. The molecule has 90 valence electrons. The summed E-state index contributed by atoms with van der Waals surface area (Å²) in [6.07, 6.45) is 4.42. The Morgan fingerprint density at radius 2 is 1.69 bits per heavy atom. The van der Waals surface area contributed by atoms with Crippen LogP contribution in [0.5, 0.6) is 0 Å². The third kappa shape index (κ3) is 2.59. The van der Waals surface area contributed by atoms with Crippen LogP contribution in [-0.2, 0) is 9.59 Å². The van der Waals surface area contributed by atoms with Crippen molar-refractivity contribution in [3.05, 3.63) is 0 Å². The van der Waals surface area contributed by atoms with E-state index in [-0.39, 0.29) is 11.8 Å². The largest absolute Gasteiger partial charge is 0.317 e. The molecule has 2 fully saturated rings. The minimum absolute atomic E-state index is 0.160. The molecule has 2 aliphatic rings. The number of amides is 2. The first-order valence-corrected chi connectivity index (χ1v) is 5.93. The van der Waals surface area contributed by atoms with E-state index in [4.69, 9.17) is 0 Å². The van der Waals surface area contributed by atoms with E-state index in [0.29, 0.717) is 25.2 Å². The van der Waals surface area contributed by atoms with Gasteiger partial charge >= 0.3 is 0 Å². The van der Waals surface area contributed by atoms with Crippen molar-refractivity contribution in [1.82, 2.24) is 15.5 Å². The molecule has 2 rings (SSSR count). The van der Waals surface area contributed by atoms with Crippen molar-refractivity contribution in [2.45, 2.75) is 37.8 Å². The number of carbonyl (C=O) groups is 2. The number of rotatable bonds is 2. The lowest BCUT2D eigenvalue weighted by Crippen LogP contribution is -2.55. The molecule has 1 aliphatic carbocycles. The molecule has 2 amide bonds. The minimum atomic E-state index is -0.160. The highest BCUT2D eigenvalue weighted by Gasteiger charge is 2.30. The second kappa shape index (κ2) is 4.93. The van der Waals surface area contributed by atoms with E-state index < -0.39 is 0 Å². The van der Waals surface area contributed by atoms with Gasteiger partial charge in [-0.3, -0.25) is 19.8 Å². The minimum Gasteiger partial charge on any atom is -0.317 e. The van der Waals surface area contributed by atoms with Crippen molar-refractivity contribution >= 4 is 11.8 Å². The molecule has 0 aromatic heterocycles. The maximum absolute atomic E-state index is 11.3. The van der Waals surface area contributed by atoms with Gasteiger partial charge in [-0.15, -0.1) is 0 Å². The van der Waals surface area contributed by atoms with Gasteiger partial charge in [-0.2, -0.15) is 0 Å². The Balaban J connectivity index is 1.88. The zero-order valence-electron chi connectivity index (χ0n) is 9.66. The standard InChI is InChI=1S/C11H19N3O2/c1-12-8-2-4-9(5-3-8)14-6-10(15)13-11(16)7-14/h8-9,12H,2-7H2,1H3,(H,13,15,16). The van der Waals surface area contributed by atoms with Gasteiger partial charge in [0, 0.05) is 12.1 Å². The van der Waals surface area contributed by atoms with E-state index in [1.54, 1.807) is 0 Å². The lowest BCUT2D eigenvalue weighted by Gasteiger charge is -2.37. The van der Waals surface area contributed by atoms with Crippen molar-refractivity contribution in [3.8, 4) is 0 Å². The van der Waals surface area contributed by atoms with Gasteiger partial charge in [0.25, 0.3) is 0 Å². The van der Waals surface area contributed by atoms with Crippen LogP contribution in [0.15, 0.2) is 0 Å². The molecule has 5 heteroatoms. The molecule has 5 nitrogen and oxygen atoms in total. The maximum atomic E-state index is 11.3. The van der Waals surface area contributed by atoms with E-state index in [2.05, 4.69) is 10.6 Å². The van der Waals surface area contributed by atoms with Gasteiger partial charge in [-0.1, -0.05) is 0 Å². The highest BCUT2D eigenvalue weighted by molar-refractivity contribution is 5.99. The third-order valence-corrected chi connectivity index (χ3v) is 3.59. The molecule has 1 aliphatic heterocycles. The molecule has 0 unspecified atom stereocenters. The number of piperazine rings is 1. The molecule has 1 saturated heterocycles. The molecule has 0 aromatic carbocycles. The van der Waals surface area contributed by atoms with Crippen LogP contribution in [0.1, 0.15) is 25.7 Å². The fraction of sp³-hybridized carbons (Fsp3) is 0.818. The molecule has 0 spiro atoms. The fourth-order valence-electron chi connectivity index (χ4n) is 2.65. The second-order valence-corrected chi connectivity index (χ2v) is 4.67. The first kappa shape index (κ1) is 11.5. The Bertz CT molecular complexity index is 269. The molecule has 0 radical (unpaired) electrons. The van der Waals surface area contributed by atoms with E-state index in [0.717, 1.165) is 25.7 Å². The van der Waals surface area contributed by atoms with Crippen molar-refractivity contribution in [2.75, 3.05) is 20.1 Å². The molecule has 1 heterocycles. The second-order valence-electron chi connectivity index (χ2n) is 4.67. The van der Waals surface area contributed by atoms with Gasteiger partial charge in [0.15, 0.2) is 0 Å². The van der Waals surface area contributed by atoms with E-state index in [1.807, 2.05) is 11.9 Å². The van der Waals surface area contributed by atoms with Crippen molar-refractivity contribution in [3.63, 3.8) is 0 Å². The van der Waals surface area contributed by atoms with Gasteiger partial charge < -0.3 is 5.32 Å². The summed E-state index contributed by atoms with van der Waals surface area (Å²) < 4.78 is 0. The summed E-state index contributed by atoms with van der Waals surface area (Å²) in [5.41, 5.74) is 0. The third-order valence-electron chi connectivity index (χ3n) is 3.59. The normalized spacial score (nSPS) is 32.6. The first-order valence-electron chi connectivity index (χ1n) is 5.93. The molecule has 2 N–H and O–H groups in total. The first-order chi connectivity index (χ1) is 7.69. The molecule has 0 atom stereocenters. The number of imide groups is 1. The molecule has 0 aromatic rings. The Morgan fingerprint density at radius 1 is 1.12 bits per heavy atom. The molecule has 16 heavy (non-hydrogen) atoms. The van der Waals surface area contributed by atoms with Crippen LogP contribution in [0.2, 0.25) is 0 Å². The maximum Gasteiger partial charge on any atom is 0.240 e. The smallest absolute Gasteiger partial charge is 0.240 e. The quantitative estimate of drug-likeness (QED) is 0.621. The van der Waals surface area contributed by atoms with Crippen LogP contribution in [0.3, 0.4) is 0 Å². The Morgan fingerprint density at radius 3 is 2.19 bits per heavy atom. The van der Waals surface area contributed by atoms with Crippen LogP contribution in [-0.4, -0.2) is 48.9 Å². The summed E-state index contributed by atoms with van der Waals surface area (Å²) in [5.74, 6) is -0.320. The lowest BCUT2D eigenvalue weighted by molar-refractivity contribution is -0.137. The van der Waals surface area contributed by atoms with Crippen LogP contribution in [0, 0.1) is 0 Å². The van der Waals surface area contributed by atoms with Gasteiger partial charge in [-0.25, -0.2) is 0 Å². The van der Waals surface area contributed by atoms with Crippen molar-refractivity contribution in [1.29, 1.82) is 0 Å². The van der Waals surface area contributed by atoms with E-state index in [1.165, 1.54) is 0 Å². The highest BCUT2D eigenvalue weighted by atomic mass is 16.2. The van der Waals surface area contributed by atoms with Crippen molar-refractivity contribution in [2.24, 2.45) is 0 Å². The fourth-order valence-corrected chi connectivity index (χ4v) is 2.65.